The van der Waals surface area contributed by atoms with Gasteiger partial charge in [-0.15, -0.1) is 0 Å². The van der Waals surface area contributed by atoms with Crippen LogP contribution in [0, 0.1) is 0 Å². The minimum absolute atomic E-state index is 0.0832. The van der Waals surface area contributed by atoms with Gasteiger partial charge in [-0.1, -0.05) is 11.8 Å². The smallest absolute Gasteiger partial charge is 0.320 e. The van der Waals surface area contributed by atoms with Crippen LogP contribution in [0.3, 0.4) is 0 Å². The van der Waals surface area contributed by atoms with Crippen LogP contribution in [-0.4, -0.2) is 11.2 Å². The fourth-order valence-corrected chi connectivity index (χ4v) is 1.98. The Bertz CT molecular complexity index is 281. The lowest BCUT2D eigenvalue weighted by atomic mass is 10.4. The van der Waals surface area contributed by atoms with Crippen molar-refractivity contribution in [3.05, 3.63) is 24.2 Å². The van der Waals surface area contributed by atoms with Crippen molar-refractivity contribution in [2.75, 3.05) is 0 Å². The summed E-state index contributed by atoms with van der Waals surface area (Å²) in [5.41, 5.74) is -0.248. The zero-order valence-electron chi connectivity index (χ0n) is 6.52. The summed E-state index contributed by atoms with van der Waals surface area (Å²) in [6.45, 7) is 1.83. The van der Waals surface area contributed by atoms with Crippen molar-refractivity contribution in [3.63, 3.8) is 0 Å². The topological polar surface area (TPSA) is 39.4 Å². The molecule has 4 heteroatoms. The molecule has 0 aliphatic carbocycles. The summed E-state index contributed by atoms with van der Waals surface area (Å²) in [6.07, 6.45) is 1.58. The molecular formula is C8H8O3S. The van der Waals surface area contributed by atoms with Crippen molar-refractivity contribution in [1.29, 1.82) is 0 Å². The molecule has 2 heterocycles. The predicted molar refractivity (Wildman–Crippen MR) is 44.6 cm³/mol. The quantitative estimate of drug-likeness (QED) is 0.625. The molecule has 1 saturated heterocycles. The molecule has 1 aromatic heterocycles. The van der Waals surface area contributed by atoms with Crippen molar-refractivity contribution in [1.82, 2.24) is 0 Å². The number of furan rings is 1. The number of esters is 1. The average molecular weight is 184 g/mol. The zero-order valence-corrected chi connectivity index (χ0v) is 7.34. The van der Waals surface area contributed by atoms with Gasteiger partial charge in [-0.25, -0.2) is 0 Å². The van der Waals surface area contributed by atoms with Gasteiger partial charge >= 0.3 is 5.97 Å². The van der Waals surface area contributed by atoms with Gasteiger partial charge in [0.1, 0.15) is 5.25 Å². The summed E-state index contributed by atoms with van der Waals surface area (Å²) in [6, 6.07) is 3.59. The first-order valence-corrected chi connectivity index (χ1v) is 4.61. The van der Waals surface area contributed by atoms with Crippen LogP contribution in [0.2, 0.25) is 0 Å². The van der Waals surface area contributed by atoms with Gasteiger partial charge in [-0.2, -0.15) is 0 Å². The van der Waals surface area contributed by atoms with Crippen LogP contribution in [0.25, 0.3) is 0 Å². The molecule has 64 valence electrons. The monoisotopic (exact) mass is 184 g/mol. The number of cyclic esters (lactones) is 1. The molecule has 2 atom stereocenters. The first-order valence-electron chi connectivity index (χ1n) is 3.67. The molecule has 0 bridgehead atoms. The molecule has 2 rings (SSSR count). The Balaban J connectivity index is 2.14. The van der Waals surface area contributed by atoms with E-state index in [9.17, 15) is 4.79 Å². The van der Waals surface area contributed by atoms with Crippen LogP contribution in [0.1, 0.15) is 18.1 Å². The van der Waals surface area contributed by atoms with E-state index in [-0.39, 0.29) is 16.7 Å². The standard InChI is InChI=1S/C8H8O3S/c1-5-7(9)11-8(12-5)6-3-2-4-10-6/h2-5,8H,1H3. The van der Waals surface area contributed by atoms with E-state index in [1.54, 1.807) is 12.3 Å². The second-order valence-electron chi connectivity index (χ2n) is 2.56. The molecule has 0 saturated carbocycles. The number of rotatable bonds is 1. The van der Waals surface area contributed by atoms with Crippen molar-refractivity contribution in [2.24, 2.45) is 0 Å². The van der Waals surface area contributed by atoms with E-state index >= 15 is 0 Å². The van der Waals surface area contributed by atoms with Crippen molar-refractivity contribution in [3.8, 4) is 0 Å². The fraction of sp³-hybridized carbons (Fsp3) is 0.375. The van der Waals surface area contributed by atoms with Gasteiger partial charge < -0.3 is 9.15 Å². The van der Waals surface area contributed by atoms with E-state index in [4.69, 9.17) is 9.15 Å². The van der Waals surface area contributed by atoms with E-state index < -0.39 is 0 Å². The molecule has 3 nitrogen and oxygen atoms in total. The number of ether oxygens (including phenoxy) is 1. The van der Waals surface area contributed by atoms with Gasteiger partial charge in [0, 0.05) is 0 Å². The van der Waals surface area contributed by atoms with Crippen LogP contribution < -0.4 is 0 Å². The number of carbonyl (C=O) groups excluding carboxylic acids is 1. The maximum absolute atomic E-state index is 11.0. The fourth-order valence-electron chi connectivity index (χ4n) is 1.02. The van der Waals surface area contributed by atoms with Gasteiger partial charge in [-0.3, -0.25) is 4.79 Å². The summed E-state index contributed by atoms with van der Waals surface area (Å²) in [4.78, 5) is 11.0. The molecular weight excluding hydrogens is 176 g/mol. The third-order valence-electron chi connectivity index (χ3n) is 1.66. The number of thioether (sulfide) groups is 1. The molecule has 0 radical (unpaired) electrons. The molecule has 1 fully saturated rings. The lowest BCUT2D eigenvalue weighted by Gasteiger charge is -2.02. The first kappa shape index (κ1) is 7.73. The highest BCUT2D eigenvalue weighted by Gasteiger charge is 2.34. The molecule has 0 amide bonds. The third-order valence-corrected chi connectivity index (χ3v) is 2.83. The summed E-state index contributed by atoms with van der Waals surface area (Å²) < 4.78 is 10.2. The lowest BCUT2D eigenvalue weighted by molar-refractivity contribution is -0.142. The zero-order chi connectivity index (χ0) is 8.55. The Labute approximate surface area is 74.1 Å². The molecule has 1 aliphatic rings. The van der Waals surface area contributed by atoms with Crippen molar-refractivity contribution < 1.29 is 13.9 Å². The highest BCUT2D eigenvalue weighted by molar-refractivity contribution is 8.01. The molecule has 2 unspecified atom stereocenters. The SMILES string of the molecule is CC1SC(c2ccco2)OC1=O. The van der Waals surface area contributed by atoms with Gasteiger partial charge in [0.25, 0.3) is 0 Å². The van der Waals surface area contributed by atoms with E-state index in [1.807, 2.05) is 13.0 Å². The average Bonchev–Trinajstić information content (AvgIpc) is 2.61. The molecule has 1 aromatic rings. The first-order chi connectivity index (χ1) is 5.77. The van der Waals surface area contributed by atoms with Crippen LogP contribution in [0.15, 0.2) is 22.8 Å². The Kier molecular flexibility index (Phi) is 1.84. The summed E-state index contributed by atoms with van der Waals surface area (Å²) in [5, 5.41) is -0.0832. The van der Waals surface area contributed by atoms with Crippen LogP contribution in [-0.2, 0) is 9.53 Å². The van der Waals surface area contributed by atoms with Gasteiger partial charge in [0.05, 0.1) is 6.26 Å². The van der Waals surface area contributed by atoms with Gasteiger partial charge in [0.2, 0.25) is 5.44 Å². The molecule has 0 N–H and O–H groups in total. The van der Waals surface area contributed by atoms with Crippen LogP contribution in [0.5, 0.6) is 0 Å². The summed E-state index contributed by atoms with van der Waals surface area (Å²) in [5.74, 6) is 0.541. The Morgan fingerprint density at radius 3 is 2.92 bits per heavy atom. The largest absolute Gasteiger partial charge is 0.464 e. The third kappa shape index (κ3) is 1.22. The Morgan fingerprint density at radius 1 is 1.58 bits per heavy atom. The van der Waals surface area contributed by atoms with Crippen LogP contribution in [0.4, 0.5) is 0 Å². The maximum Gasteiger partial charge on any atom is 0.320 e. The molecule has 12 heavy (non-hydrogen) atoms. The Morgan fingerprint density at radius 2 is 2.42 bits per heavy atom. The van der Waals surface area contributed by atoms with E-state index in [2.05, 4.69) is 0 Å². The normalized spacial score (nSPS) is 28.9. The van der Waals surface area contributed by atoms with Crippen molar-refractivity contribution >= 4 is 17.7 Å². The van der Waals surface area contributed by atoms with E-state index in [0.717, 1.165) is 0 Å². The second-order valence-corrected chi connectivity index (χ2v) is 3.97. The van der Waals surface area contributed by atoms with Gasteiger partial charge in [0.15, 0.2) is 5.76 Å². The number of hydrogen-bond acceptors (Lipinski definition) is 4. The molecule has 1 aliphatic heterocycles. The van der Waals surface area contributed by atoms with E-state index in [1.165, 1.54) is 11.8 Å². The highest BCUT2D eigenvalue weighted by atomic mass is 32.2. The van der Waals surface area contributed by atoms with E-state index in [0.29, 0.717) is 5.76 Å². The number of hydrogen-bond donors (Lipinski definition) is 0. The summed E-state index contributed by atoms with van der Waals surface area (Å²) in [7, 11) is 0. The molecule has 0 aromatic carbocycles. The summed E-state index contributed by atoms with van der Waals surface area (Å²) >= 11 is 1.47. The van der Waals surface area contributed by atoms with Crippen molar-refractivity contribution in [2.45, 2.75) is 17.6 Å². The minimum Gasteiger partial charge on any atom is -0.464 e. The highest BCUT2D eigenvalue weighted by Crippen LogP contribution is 2.40. The van der Waals surface area contributed by atoms with Gasteiger partial charge in [-0.05, 0) is 19.1 Å². The lowest BCUT2D eigenvalue weighted by Crippen LogP contribution is -2.06. The van der Waals surface area contributed by atoms with Crippen LogP contribution >= 0.6 is 11.8 Å². The minimum atomic E-state index is -0.248. The number of carbonyl (C=O) groups is 1. The maximum atomic E-state index is 11.0. The molecule has 0 spiro atoms. The Hall–Kier alpha value is -0.900. The second kappa shape index (κ2) is 2.86. The predicted octanol–water partition coefficient (Wildman–Crippen LogP) is 1.96.